The predicted molar refractivity (Wildman–Crippen MR) is 189 cm³/mol. The van der Waals surface area contributed by atoms with E-state index in [4.69, 9.17) is 28.0 Å². The van der Waals surface area contributed by atoms with Crippen molar-refractivity contribution in [2.45, 2.75) is 66.0 Å². The molecule has 0 spiro atoms. The molecule has 10 nitrogen and oxygen atoms in total. The summed E-state index contributed by atoms with van der Waals surface area (Å²) in [7, 11) is 0. The molecule has 6 aromatic rings. The topological polar surface area (TPSA) is 121 Å². The molecule has 4 aromatic carbocycles. The van der Waals surface area contributed by atoms with E-state index >= 15 is 0 Å². The Balaban J connectivity index is 1.21. The number of nitrogens with one attached hydrogen (secondary N) is 2. The average molecular weight is 733 g/mol. The largest absolute Gasteiger partial charge is 0.460 e. The second-order valence-corrected chi connectivity index (χ2v) is 12.6. The summed E-state index contributed by atoms with van der Waals surface area (Å²) in [6.45, 7) is 1.08. The molecule has 276 valence electrons. The van der Waals surface area contributed by atoms with Crippen LogP contribution in [0.3, 0.4) is 0 Å². The minimum absolute atomic E-state index is 0.0163. The number of esters is 1. The normalized spacial score (nSPS) is 14.5. The van der Waals surface area contributed by atoms with Crippen molar-refractivity contribution in [3.05, 3.63) is 82.9 Å². The molecule has 0 aliphatic carbocycles. The monoisotopic (exact) mass is 732 g/mol. The van der Waals surface area contributed by atoms with Crippen LogP contribution in [0.1, 0.15) is 42.0 Å². The fraction of sp³-hybridized carbons (Fsp3) is 0.308. The number of carbonyl (C=O) groups is 1. The van der Waals surface area contributed by atoms with E-state index in [9.17, 15) is 22.4 Å². The number of ether oxygens (including phenoxy) is 3. The Labute approximate surface area is 301 Å². The number of rotatable bonds is 13. The number of hydrogen-bond acceptors (Lipinski definition) is 10. The first-order valence-corrected chi connectivity index (χ1v) is 17.2. The van der Waals surface area contributed by atoms with Crippen LogP contribution in [0.25, 0.3) is 56.2 Å². The summed E-state index contributed by atoms with van der Waals surface area (Å²) < 4.78 is 80.3. The number of alkyl halides is 4. The standard InChI is InChI=1S/C39H36F4N4O6/c1-4-44-18-22-14-29-33(16-31(22)52-38(40)41)50-35(46-29)26-10-5-8-24(20(26)2)25-9-6-11-27(21(25)3)36-47-30-15-23(19-49-37(48)28-12-7-13-45-28)32(53-39(42)43)17-34(30)51-36/h5-6,8-11,14-17,28,38-39,44-45H,4,7,12-13,18-19H2,1-3H3/t28-/m0/s1. The third-order valence-electron chi connectivity index (χ3n) is 9.27. The van der Waals surface area contributed by atoms with Crippen molar-refractivity contribution in [2.24, 2.45) is 0 Å². The molecule has 1 aliphatic rings. The highest BCUT2D eigenvalue weighted by molar-refractivity contribution is 5.85. The molecule has 1 fully saturated rings. The minimum Gasteiger partial charge on any atom is -0.460 e. The highest BCUT2D eigenvalue weighted by atomic mass is 19.3. The Hall–Kier alpha value is -5.47. The van der Waals surface area contributed by atoms with E-state index in [1.165, 1.54) is 18.2 Å². The minimum atomic E-state index is -3.11. The molecule has 1 saturated heterocycles. The van der Waals surface area contributed by atoms with Gasteiger partial charge in [-0.25, -0.2) is 9.97 Å². The Morgan fingerprint density at radius 3 is 1.87 bits per heavy atom. The molecule has 0 unspecified atom stereocenters. The van der Waals surface area contributed by atoms with Gasteiger partial charge in [-0.1, -0.05) is 31.2 Å². The van der Waals surface area contributed by atoms with Gasteiger partial charge < -0.3 is 33.7 Å². The molecule has 3 heterocycles. The molecule has 2 N–H and O–H groups in total. The fourth-order valence-electron chi connectivity index (χ4n) is 6.60. The first-order valence-electron chi connectivity index (χ1n) is 17.2. The maximum atomic E-state index is 13.4. The van der Waals surface area contributed by atoms with Crippen LogP contribution >= 0.6 is 0 Å². The number of nitrogens with zero attached hydrogens (tertiary/aromatic N) is 2. The number of aromatic nitrogens is 2. The third-order valence-corrected chi connectivity index (χ3v) is 9.27. The van der Waals surface area contributed by atoms with Gasteiger partial charge in [0.15, 0.2) is 11.2 Å². The maximum Gasteiger partial charge on any atom is 0.387 e. The lowest BCUT2D eigenvalue weighted by atomic mass is 9.91. The van der Waals surface area contributed by atoms with Gasteiger partial charge in [-0.3, -0.25) is 4.79 Å². The molecule has 53 heavy (non-hydrogen) atoms. The number of fused-ring (bicyclic) bond motifs is 2. The van der Waals surface area contributed by atoms with Gasteiger partial charge in [0.25, 0.3) is 0 Å². The lowest BCUT2D eigenvalue weighted by Crippen LogP contribution is -2.32. The number of carbonyl (C=O) groups excluding carboxylic acids is 1. The maximum absolute atomic E-state index is 13.4. The number of hydrogen-bond donors (Lipinski definition) is 2. The van der Waals surface area contributed by atoms with Crippen molar-refractivity contribution in [2.75, 3.05) is 13.1 Å². The zero-order valence-electron chi connectivity index (χ0n) is 29.1. The zero-order valence-corrected chi connectivity index (χ0v) is 29.1. The quantitative estimate of drug-likeness (QED) is 0.0881. The molecule has 1 atom stereocenters. The molecule has 7 rings (SSSR count). The van der Waals surface area contributed by atoms with Crippen molar-refractivity contribution in [1.82, 2.24) is 20.6 Å². The van der Waals surface area contributed by atoms with Crippen LogP contribution in [0.4, 0.5) is 17.6 Å². The Morgan fingerprint density at radius 1 is 0.830 bits per heavy atom. The summed E-state index contributed by atoms with van der Waals surface area (Å²) >= 11 is 0. The van der Waals surface area contributed by atoms with Crippen molar-refractivity contribution in [3.8, 4) is 45.5 Å². The van der Waals surface area contributed by atoms with E-state index in [0.29, 0.717) is 65.3 Å². The van der Waals surface area contributed by atoms with Gasteiger partial charge >= 0.3 is 19.2 Å². The molecule has 2 aromatic heterocycles. The van der Waals surface area contributed by atoms with Crippen LogP contribution in [-0.2, 0) is 22.7 Å². The van der Waals surface area contributed by atoms with E-state index in [2.05, 4.69) is 15.6 Å². The van der Waals surface area contributed by atoms with E-state index in [-0.39, 0.29) is 35.1 Å². The predicted octanol–water partition coefficient (Wildman–Crippen LogP) is 8.69. The fourth-order valence-corrected chi connectivity index (χ4v) is 6.60. The molecular formula is C39H36F4N4O6. The molecule has 0 bridgehead atoms. The SMILES string of the molecule is CCNCc1cc2nc(-c3cccc(-c4cccc(-c5nc6cc(COC(=O)[C@@H]7CCCN7)c(OC(F)F)cc6o5)c4C)c3C)oc2cc1OC(F)F. The third kappa shape index (κ3) is 7.55. The average Bonchev–Trinajstić information content (AvgIpc) is 3.90. The van der Waals surface area contributed by atoms with Gasteiger partial charge in [0.2, 0.25) is 11.8 Å². The lowest BCUT2D eigenvalue weighted by Gasteiger charge is -2.14. The van der Waals surface area contributed by atoms with E-state index in [1.54, 1.807) is 6.07 Å². The highest BCUT2D eigenvalue weighted by Gasteiger charge is 2.25. The molecule has 0 radical (unpaired) electrons. The summed E-state index contributed by atoms with van der Waals surface area (Å²) in [6.07, 6.45) is 1.49. The summed E-state index contributed by atoms with van der Waals surface area (Å²) in [5.41, 5.74) is 6.99. The number of benzene rings is 4. The summed E-state index contributed by atoms with van der Waals surface area (Å²) in [5, 5.41) is 6.19. The first kappa shape index (κ1) is 35.9. The summed E-state index contributed by atoms with van der Waals surface area (Å²) in [5.74, 6) is -0.0428. The van der Waals surface area contributed by atoms with E-state index in [0.717, 1.165) is 28.7 Å². The van der Waals surface area contributed by atoms with Crippen molar-refractivity contribution >= 4 is 28.2 Å². The smallest absolute Gasteiger partial charge is 0.387 e. The van der Waals surface area contributed by atoms with E-state index in [1.807, 2.05) is 57.2 Å². The number of halogens is 4. The Kier molecular flexibility index (Phi) is 10.3. The number of oxazole rings is 2. The molecular weight excluding hydrogens is 696 g/mol. The van der Waals surface area contributed by atoms with Gasteiger partial charge in [0.05, 0.1) is 0 Å². The lowest BCUT2D eigenvalue weighted by molar-refractivity contribution is -0.147. The van der Waals surface area contributed by atoms with Crippen LogP contribution < -0.4 is 20.1 Å². The first-order chi connectivity index (χ1) is 25.6. The van der Waals surface area contributed by atoms with Crippen LogP contribution in [0.5, 0.6) is 11.5 Å². The summed E-state index contributed by atoms with van der Waals surface area (Å²) in [4.78, 5) is 21.9. The van der Waals surface area contributed by atoms with Crippen molar-refractivity contribution in [1.29, 1.82) is 0 Å². The summed E-state index contributed by atoms with van der Waals surface area (Å²) in [6, 6.07) is 16.9. The molecule has 0 amide bonds. The molecule has 0 saturated carbocycles. The van der Waals surface area contributed by atoms with Crippen molar-refractivity contribution in [3.63, 3.8) is 0 Å². The zero-order chi connectivity index (χ0) is 37.2. The molecule has 14 heteroatoms. The Bertz CT molecular complexity index is 2280. The molecule has 1 aliphatic heterocycles. The van der Waals surface area contributed by atoms with Gasteiger partial charge in [-0.15, -0.1) is 0 Å². The Morgan fingerprint density at radius 2 is 1.36 bits per heavy atom. The second-order valence-electron chi connectivity index (χ2n) is 12.6. The van der Waals surface area contributed by atoms with Crippen molar-refractivity contribution < 1.29 is 45.4 Å². The van der Waals surface area contributed by atoms with Gasteiger partial charge in [-0.05, 0) is 86.3 Å². The second kappa shape index (κ2) is 15.2. The van der Waals surface area contributed by atoms with Gasteiger partial charge in [-0.2, -0.15) is 17.6 Å². The highest BCUT2D eigenvalue weighted by Crippen LogP contribution is 2.39. The van der Waals surface area contributed by atoms with Gasteiger partial charge in [0.1, 0.15) is 35.2 Å². The van der Waals surface area contributed by atoms with Gasteiger partial charge in [0, 0.05) is 40.9 Å². The van der Waals surface area contributed by atoms with E-state index < -0.39 is 25.2 Å². The van der Waals surface area contributed by atoms with Crippen LogP contribution in [0, 0.1) is 13.8 Å². The van der Waals surface area contributed by atoms with Crippen LogP contribution in [0.15, 0.2) is 69.5 Å². The van der Waals surface area contributed by atoms with Crippen LogP contribution in [-0.4, -0.2) is 48.3 Å². The van der Waals surface area contributed by atoms with Crippen LogP contribution in [0.2, 0.25) is 0 Å².